The Morgan fingerprint density at radius 2 is 1.76 bits per heavy atom. The third-order valence-electron chi connectivity index (χ3n) is 4.34. The molecular formula is C20H21F2N3. The van der Waals surface area contributed by atoms with E-state index in [2.05, 4.69) is 22.5 Å². The summed E-state index contributed by atoms with van der Waals surface area (Å²) in [5.74, 6) is -1.09. The van der Waals surface area contributed by atoms with E-state index < -0.39 is 11.6 Å². The molecule has 1 N–H and O–H groups in total. The van der Waals surface area contributed by atoms with Crippen molar-refractivity contribution < 1.29 is 8.78 Å². The number of aryl methyl sites for hydroxylation is 1. The molecule has 130 valence electrons. The van der Waals surface area contributed by atoms with Crippen molar-refractivity contribution in [3.8, 4) is 0 Å². The summed E-state index contributed by atoms with van der Waals surface area (Å²) in [6.07, 6.45) is 0. The summed E-state index contributed by atoms with van der Waals surface area (Å²) in [6.45, 7) is 5.67. The molecule has 0 saturated carbocycles. The zero-order chi connectivity index (χ0) is 17.8. The highest BCUT2D eigenvalue weighted by molar-refractivity contribution is 5.26. The fraction of sp³-hybridized carbons (Fsp3) is 0.250. The minimum Gasteiger partial charge on any atom is -0.308 e. The molecule has 3 aromatic rings. The van der Waals surface area contributed by atoms with Gasteiger partial charge in [0.1, 0.15) is 11.6 Å². The van der Waals surface area contributed by atoms with Crippen molar-refractivity contribution in [3.05, 3.63) is 88.2 Å². The minimum absolute atomic E-state index is 0.342. The lowest BCUT2D eigenvalue weighted by Crippen LogP contribution is -2.15. The molecule has 0 radical (unpaired) electrons. The maximum absolute atomic E-state index is 13.7. The van der Waals surface area contributed by atoms with Crippen LogP contribution < -0.4 is 5.32 Å². The van der Waals surface area contributed by atoms with E-state index in [1.54, 1.807) is 0 Å². The molecule has 0 aliphatic carbocycles. The Balaban J connectivity index is 1.66. The maximum Gasteiger partial charge on any atom is 0.130 e. The Morgan fingerprint density at radius 3 is 2.48 bits per heavy atom. The first-order chi connectivity index (χ1) is 12.0. The molecule has 0 spiro atoms. The lowest BCUT2D eigenvalue weighted by molar-refractivity contribution is 0.559. The fourth-order valence-corrected chi connectivity index (χ4v) is 2.89. The van der Waals surface area contributed by atoms with Gasteiger partial charge >= 0.3 is 0 Å². The summed E-state index contributed by atoms with van der Waals surface area (Å²) in [7, 11) is 0. The van der Waals surface area contributed by atoms with Crippen LogP contribution in [-0.2, 0) is 19.6 Å². The number of halogens is 2. The summed E-state index contributed by atoms with van der Waals surface area (Å²) in [4.78, 5) is 0. The van der Waals surface area contributed by atoms with E-state index >= 15 is 0 Å². The number of hydrogen-bond donors (Lipinski definition) is 1. The van der Waals surface area contributed by atoms with Gasteiger partial charge in [0.2, 0.25) is 0 Å². The second kappa shape index (κ2) is 7.57. The Hall–Kier alpha value is -2.53. The van der Waals surface area contributed by atoms with Crippen molar-refractivity contribution in [2.24, 2.45) is 0 Å². The quantitative estimate of drug-likeness (QED) is 0.731. The first kappa shape index (κ1) is 17.3. The molecule has 1 heterocycles. The van der Waals surface area contributed by atoms with Gasteiger partial charge in [-0.2, -0.15) is 5.10 Å². The summed E-state index contributed by atoms with van der Waals surface area (Å²) < 4.78 is 28.6. The zero-order valence-corrected chi connectivity index (χ0v) is 14.4. The van der Waals surface area contributed by atoms with Gasteiger partial charge in [-0.15, -0.1) is 0 Å². The molecule has 1 aromatic heterocycles. The van der Waals surface area contributed by atoms with E-state index in [1.807, 2.05) is 36.7 Å². The monoisotopic (exact) mass is 341 g/mol. The smallest absolute Gasteiger partial charge is 0.130 e. The van der Waals surface area contributed by atoms with E-state index in [0.29, 0.717) is 18.7 Å². The number of aromatic nitrogens is 2. The number of benzene rings is 2. The van der Waals surface area contributed by atoms with Gasteiger partial charge in [-0.05, 0) is 25.5 Å². The lowest BCUT2D eigenvalue weighted by atomic mass is 10.1. The van der Waals surface area contributed by atoms with Crippen LogP contribution in [0.1, 0.15) is 28.1 Å². The SMILES string of the molecule is Cc1nn(Cc2ccccc2)c(C)c1CNCc1ccc(F)cc1F. The highest BCUT2D eigenvalue weighted by Crippen LogP contribution is 2.15. The van der Waals surface area contributed by atoms with Crippen LogP contribution in [0.15, 0.2) is 48.5 Å². The van der Waals surface area contributed by atoms with Gasteiger partial charge in [-0.1, -0.05) is 36.4 Å². The molecular weight excluding hydrogens is 320 g/mol. The second-order valence-corrected chi connectivity index (χ2v) is 6.13. The van der Waals surface area contributed by atoms with Crippen LogP contribution in [0.2, 0.25) is 0 Å². The summed E-state index contributed by atoms with van der Waals surface area (Å²) in [5.41, 5.74) is 4.81. The number of nitrogens with zero attached hydrogens (tertiary/aromatic N) is 2. The predicted molar refractivity (Wildman–Crippen MR) is 94.1 cm³/mol. The number of nitrogens with one attached hydrogen (secondary N) is 1. The molecule has 3 rings (SSSR count). The van der Waals surface area contributed by atoms with E-state index in [1.165, 1.54) is 17.7 Å². The molecule has 0 amide bonds. The van der Waals surface area contributed by atoms with Gasteiger partial charge in [0.05, 0.1) is 12.2 Å². The van der Waals surface area contributed by atoms with Gasteiger partial charge in [0, 0.05) is 36.0 Å². The molecule has 0 fully saturated rings. The van der Waals surface area contributed by atoms with E-state index in [9.17, 15) is 8.78 Å². The Labute approximate surface area is 146 Å². The van der Waals surface area contributed by atoms with Gasteiger partial charge < -0.3 is 5.32 Å². The normalized spacial score (nSPS) is 11.0. The van der Waals surface area contributed by atoms with Crippen LogP contribution in [0.25, 0.3) is 0 Å². The standard InChI is InChI=1S/C20H21F2N3/c1-14-19(12-23-11-17-8-9-18(21)10-20(17)22)15(2)25(24-14)13-16-6-4-3-5-7-16/h3-10,23H,11-13H2,1-2H3. The first-order valence-corrected chi connectivity index (χ1v) is 8.26. The Bertz CT molecular complexity index is 857. The van der Waals surface area contributed by atoms with Crippen molar-refractivity contribution in [2.75, 3.05) is 0 Å². The number of hydrogen-bond acceptors (Lipinski definition) is 2. The molecule has 5 heteroatoms. The minimum atomic E-state index is -0.560. The molecule has 0 saturated heterocycles. The summed E-state index contributed by atoms with van der Waals surface area (Å²) in [5, 5.41) is 7.83. The molecule has 0 bridgehead atoms. The molecule has 3 nitrogen and oxygen atoms in total. The fourth-order valence-electron chi connectivity index (χ4n) is 2.89. The maximum atomic E-state index is 13.7. The van der Waals surface area contributed by atoms with Crippen LogP contribution in [0.3, 0.4) is 0 Å². The van der Waals surface area contributed by atoms with Crippen molar-refractivity contribution in [3.63, 3.8) is 0 Å². The van der Waals surface area contributed by atoms with Crippen LogP contribution >= 0.6 is 0 Å². The van der Waals surface area contributed by atoms with Crippen molar-refractivity contribution in [2.45, 2.75) is 33.5 Å². The third-order valence-corrected chi connectivity index (χ3v) is 4.34. The molecule has 25 heavy (non-hydrogen) atoms. The highest BCUT2D eigenvalue weighted by atomic mass is 19.1. The molecule has 2 aromatic carbocycles. The van der Waals surface area contributed by atoms with Crippen LogP contribution in [0, 0.1) is 25.5 Å². The predicted octanol–water partition coefficient (Wildman–Crippen LogP) is 4.12. The van der Waals surface area contributed by atoms with Crippen LogP contribution in [0.4, 0.5) is 8.78 Å². The van der Waals surface area contributed by atoms with Crippen molar-refractivity contribution in [1.82, 2.24) is 15.1 Å². The van der Waals surface area contributed by atoms with E-state index in [0.717, 1.165) is 29.6 Å². The summed E-state index contributed by atoms with van der Waals surface area (Å²) in [6, 6.07) is 13.8. The van der Waals surface area contributed by atoms with Crippen LogP contribution in [-0.4, -0.2) is 9.78 Å². The first-order valence-electron chi connectivity index (χ1n) is 8.26. The van der Waals surface area contributed by atoms with Gasteiger partial charge in [0.15, 0.2) is 0 Å². The van der Waals surface area contributed by atoms with Gasteiger partial charge in [-0.25, -0.2) is 8.78 Å². The Kier molecular flexibility index (Phi) is 5.24. The second-order valence-electron chi connectivity index (χ2n) is 6.13. The highest BCUT2D eigenvalue weighted by Gasteiger charge is 2.12. The summed E-state index contributed by atoms with van der Waals surface area (Å²) >= 11 is 0. The largest absolute Gasteiger partial charge is 0.308 e. The van der Waals surface area contributed by atoms with Crippen LogP contribution in [0.5, 0.6) is 0 Å². The molecule has 0 aliphatic rings. The third kappa shape index (κ3) is 4.12. The van der Waals surface area contributed by atoms with Gasteiger partial charge in [0.25, 0.3) is 0 Å². The van der Waals surface area contributed by atoms with E-state index in [4.69, 9.17) is 0 Å². The average Bonchev–Trinajstić information content (AvgIpc) is 2.85. The van der Waals surface area contributed by atoms with Gasteiger partial charge in [-0.3, -0.25) is 4.68 Å². The van der Waals surface area contributed by atoms with Crippen molar-refractivity contribution in [1.29, 1.82) is 0 Å². The lowest BCUT2D eigenvalue weighted by Gasteiger charge is -2.08. The van der Waals surface area contributed by atoms with E-state index in [-0.39, 0.29) is 0 Å². The molecule has 0 unspecified atom stereocenters. The average molecular weight is 341 g/mol. The zero-order valence-electron chi connectivity index (χ0n) is 14.4. The molecule has 0 atom stereocenters. The van der Waals surface area contributed by atoms with Crippen molar-refractivity contribution >= 4 is 0 Å². The number of rotatable bonds is 6. The molecule has 0 aliphatic heterocycles. The Morgan fingerprint density at radius 1 is 1.00 bits per heavy atom. The topological polar surface area (TPSA) is 29.9 Å².